The molecule has 1 fully saturated rings. The van der Waals surface area contributed by atoms with Crippen molar-refractivity contribution in [3.63, 3.8) is 0 Å². The standard InChI is InChI=1S/C10H21NO2/c1-3-5-10(13-4-2)11-6-8-12-9-7-11/h10H,3-9H2,1-2H3. The van der Waals surface area contributed by atoms with E-state index < -0.39 is 0 Å². The molecule has 0 bridgehead atoms. The summed E-state index contributed by atoms with van der Waals surface area (Å²) in [5.74, 6) is 0. The Bertz CT molecular complexity index is 118. The zero-order chi connectivity index (χ0) is 9.52. The molecular weight excluding hydrogens is 166 g/mol. The van der Waals surface area contributed by atoms with Crippen molar-refractivity contribution < 1.29 is 9.47 Å². The maximum absolute atomic E-state index is 5.69. The molecule has 3 nitrogen and oxygen atoms in total. The molecule has 1 aliphatic rings. The Balaban J connectivity index is 2.32. The van der Waals surface area contributed by atoms with Crippen LogP contribution in [0, 0.1) is 0 Å². The summed E-state index contributed by atoms with van der Waals surface area (Å²) in [5.41, 5.74) is 0. The summed E-state index contributed by atoms with van der Waals surface area (Å²) >= 11 is 0. The first-order valence-corrected chi connectivity index (χ1v) is 5.31. The molecule has 0 aromatic heterocycles. The Kier molecular flexibility index (Phi) is 5.35. The third-order valence-corrected chi connectivity index (χ3v) is 2.35. The van der Waals surface area contributed by atoms with E-state index in [1.807, 2.05) is 0 Å². The molecular formula is C10H21NO2. The highest BCUT2D eigenvalue weighted by Gasteiger charge is 2.19. The molecule has 3 heteroatoms. The van der Waals surface area contributed by atoms with Crippen molar-refractivity contribution in [2.45, 2.75) is 32.9 Å². The van der Waals surface area contributed by atoms with Crippen molar-refractivity contribution in [3.8, 4) is 0 Å². The van der Waals surface area contributed by atoms with Gasteiger partial charge in [-0.15, -0.1) is 0 Å². The quantitative estimate of drug-likeness (QED) is 0.650. The molecule has 1 heterocycles. The van der Waals surface area contributed by atoms with Gasteiger partial charge >= 0.3 is 0 Å². The second-order valence-corrected chi connectivity index (χ2v) is 3.35. The SMILES string of the molecule is CCCC(OCC)N1CCOCC1. The van der Waals surface area contributed by atoms with E-state index in [2.05, 4.69) is 18.7 Å². The van der Waals surface area contributed by atoms with Crippen molar-refractivity contribution in [1.82, 2.24) is 4.90 Å². The van der Waals surface area contributed by atoms with Gasteiger partial charge in [-0.25, -0.2) is 0 Å². The van der Waals surface area contributed by atoms with Crippen molar-refractivity contribution >= 4 is 0 Å². The van der Waals surface area contributed by atoms with Crippen LogP contribution < -0.4 is 0 Å². The van der Waals surface area contributed by atoms with E-state index in [4.69, 9.17) is 9.47 Å². The number of rotatable bonds is 5. The average Bonchev–Trinajstić information content (AvgIpc) is 2.19. The third kappa shape index (κ3) is 3.63. The molecule has 1 rings (SSSR count). The maximum Gasteiger partial charge on any atom is 0.110 e. The summed E-state index contributed by atoms with van der Waals surface area (Å²) in [6.07, 6.45) is 2.63. The number of hydrogen-bond donors (Lipinski definition) is 0. The molecule has 1 unspecified atom stereocenters. The van der Waals surface area contributed by atoms with Gasteiger partial charge in [0.25, 0.3) is 0 Å². The molecule has 78 valence electrons. The second kappa shape index (κ2) is 6.35. The lowest BCUT2D eigenvalue weighted by Gasteiger charge is -2.33. The normalized spacial score (nSPS) is 21.7. The van der Waals surface area contributed by atoms with Gasteiger partial charge in [-0.1, -0.05) is 13.3 Å². The Morgan fingerprint density at radius 3 is 2.54 bits per heavy atom. The number of ether oxygens (including phenoxy) is 2. The predicted octanol–water partition coefficient (Wildman–Crippen LogP) is 1.48. The molecule has 1 aliphatic heterocycles. The van der Waals surface area contributed by atoms with E-state index in [-0.39, 0.29) is 0 Å². The predicted molar refractivity (Wildman–Crippen MR) is 52.7 cm³/mol. The van der Waals surface area contributed by atoms with Gasteiger partial charge in [0.2, 0.25) is 0 Å². The van der Waals surface area contributed by atoms with Crippen LogP contribution in [0.2, 0.25) is 0 Å². The summed E-state index contributed by atoms with van der Waals surface area (Å²) in [6, 6.07) is 0. The monoisotopic (exact) mass is 187 g/mol. The molecule has 13 heavy (non-hydrogen) atoms. The van der Waals surface area contributed by atoms with Crippen LogP contribution >= 0.6 is 0 Å². The zero-order valence-electron chi connectivity index (χ0n) is 8.79. The molecule has 0 spiro atoms. The van der Waals surface area contributed by atoms with Crippen LogP contribution in [0.15, 0.2) is 0 Å². The minimum absolute atomic E-state index is 0.318. The first kappa shape index (κ1) is 11.0. The van der Waals surface area contributed by atoms with Crippen LogP contribution in [-0.4, -0.2) is 44.0 Å². The Morgan fingerprint density at radius 1 is 1.31 bits per heavy atom. The van der Waals surface area contributed by atoms with Crippen molar-refractivity contribution in [2.75, 3.05) is 32.9 Å². The second-order valence-electron chi connectivity index (χ2n) is 3.35. The molecule has 0 aliphatic carbocycles. The van der Waals surface area contributed by atoms with Gasteiger partial charge in [0.15, 0.2) is 0 Å². The zero-order valence-corrected chi connectivity index (χ0v) is 8.79. The van der Waals surface area contributed by atoms with E-state index in [0.29, 0.717) is 6.23 Å². The lowest BCUT2D eigenvalue weighted by atomic mass is 10.2. The summed E-state index contributed by atoms with van der Waals surface area (Å²) < 4.78 is 11.0. The molecule has 0 aromatic carbocycles. The fraction of sp³-hybridized carbons (Fsp3) is 1.00. The van der Waals surface area contributed by atoms with Crippen molar-refractivity contribution in [3.05, 3.63) is 0 Å². The van der Waals surface area contributed by atoms with E-state index in [1.165, 1.54) is 6.42 Å². The maximum atomic E-state index is 5.69. The number of nitrogens with zero attached hydrogens (tertiary/aromatic N) is 1. The summed E-state index contributed by atoms with van der Waals surface area (Å²) in [6.45, 7) is 8.81. The number of morpholine rings is 1. The fourth-order valence-corrected chi connectivity index (χ4v) is 1.68. The third-order valence-electron chi connectivity index (χ3n) is 2.35. The van der Waals surface area contributed by atoms with Gasteiger partial charge < -0.3 is 9.47 Å². The summed E-state index contributed by atoms with van der Waals surface area (Å²) in [5, 5.41) is 0. The fourth-order valence-electron chi connectivity index (χ4n) is 1.68. The van der Waals surface area contributed by atoms with Gasteiger partial charge in [0.05, 0.1) is 13.2 Å². The minimum atomic E-state index is 0.318. The molecule has 0 aromatic rings. The van der Waals surface area contributed by atoms with Crippen LogP contribution in [0.25, 0.3) is 0 Å². The van der Waals surface area contributed by atoms with E-state index >= 15 is 0 Å². The average molecular weight is 187 g/mol. The van der Waals surface area contributed by atoms with Gasteiger partial charge in [-0.3, -0.25) is 4.90 Å². The van der Waals surface area contributed by atoms with E-state index in [9.17, 15) is 0 Å². The smallest absolute Gasteiger partial charge is 0.110 e. The Hall–Kier alpha value is -0.120. The van der Waals surface area contributed by atoms with Crippen molar-refractivity contribution in [1.29, 1.82) is 0 Å². The molecule has 1 saturated heterocycles. The molecule has 0 saturated carbocycles. The Labute approximate surface area is 81.0 Å². The minimum Gasteiger partial charge on any atom is -0.379 e. The van der Waals surface area contributed by atoms with Crippen LogP contribution in [-0.2, 0) is 9.47 Å². The van der Waals surface area contributed by atoms with Gasteiger partial charge in [0, 0.05) is 19.7 Å². The first-order chi connectivity index (χ1) is 6.38. The summed E-state index contributed by atoms with van der Waals surface area (Å²) in [4.78, 5) is 2.39. The molecule has 0 N–H and O–H groups in total. The lowest BCUT2D eigenvalue weighted by molar-refractivity contribution is -0.0962. The molecule has 0 amide bonds. The van der Waals surface area contributed by atoms with Gasteiger partial charge in [-0.2, -0.15) is 0 Å². The van der Waals surface area contributed by atoms with Crippen LogP contribution in [0.1, 0.15) is 26.7 Å². The lowest BCUT2D eigenvalue weighted by Crippen LogP contribution is -2.44. The topological polar surface area (TPSA) is 21.7 Å². The van der Waals surface area contributed by atoms with Crippen molar-refractivity contribution in [2.24, 2.45) is 0 Å². The van der Waals surface area contributed by atoms with Gasteiger partial charge in [0.1, 0.15) is 6.23 Å². The number of hydrogen-bond acceptors (Lipinski definition) is 3. The molecule has 0 radical (unpaired) electrons. The highest BCUT2D eigenvalue weighted by atomic mass is 16.5. The largest absolute Gasteiger partial charge is 0.379 e. The highest BCUT2D eigenvalue weighted by Crippen LogP contribution is 2.10. The summed E-state index contributed by atoms with van der Waals surface area (Å²) in [7, 11) is 0. The van der Waals surface area contributed by atoms with E-state index in [0.717, 1.165) is 39.3 Å². The highest BCUT2D eigenvalue weighted by molar-refractivity contribution is 4.66. The first-order valence-electron chi connectivity index (χ1n) is 5.31. The Morgan fingerprint density at radius 2 is 2.00 bits per heavy atom. The van der Waals surface area contributed by atoms with E-state index in [1.54, 1.807) is 0 Å². The molecule has 1 atom stereocenters. The van der Waals surface area contributed by atoms with Gasteiger partial charge in [-0.05, 0) is 13.3 Å². The van der Waals surface area contributed by atoms with Crippen LogP contribution in [0.3, 0.4) is 0 Å². The van der Waals surface area contributed by atoms with Crippen LogP contribution in [0.4, 0.5) is 0 Å². The van der Waals surface area contributed by atoms with Crippen LogP contribution in [0.5, 0.6) is 0 Å².